The molecule has 1 N–H and O–H groups in total. The largest absolute Gasteiger partial charge is 0.472 e. The highest BCUT2D eigenvalue weighted by molar-refractivity contribution is 7.47. The molecule has 0 spiro atoms. The van der Waals surface area contributed by atoms with Gasteiger partial charge in [-0.05, 0) is 96.3 Å². The summed E-state index contributed by atoms with van der Waals surface area (Å²) in [5.74, 6) is -0.880. The average molecular weight is 969 g/mol. The van der Waals surface area contributed by atoms with Gasteiger partial charge < -0.3 is 18.9 Å². The summed E-state index contributed by atoms with van der Waals surface area (Å²) < 4.78 is 34.4. The molecule has 10 heteroatoms. The molecule has 0 aromatic heterocycles. The van der Waals surface area contributed by atoms with Crippen LogP contribution in [0.4, 0.5) is 0 Å². The molecule has 0 saturated carbocycles. The Hall–Kier alpha value is -3.33. The smallest absolute Gasteiger partial charge is 0.462 e. The predicted octanol–water partition coefficient (Wildman–Crippen LogP) is 16.2. The van der Waals surface area contributed by atoms with Crippen molar-refractivity contribution in [1.82, 2.24) is 0 Å². The summed E-state index contributed by atoms with van der Waals surface area (Å²) >= 11 is 0. The minimum atomic E-state index is -4.41. The van der Waals surface area contributed by atoms with Crippen molar-refractivity contribution in [2.45, 2.75) is 200 Å². The van der Waals surface area contributed by atoms with E-state index in [-0.39, 0.29) is 26.1 Å². The number of carbonyl (C=O) groups excluding carboxylic acids is 2. The van der Waals surface area contributed by atoms with Crippen LogP contribution in [0.15, 0.2) is 109 Å². The SMILES string of the molecule is CC/C=C\C/C=C\C/C=C\C/C=C\C/C=C\C/C=C\C/C=C\CCCC(=O)OC(COC(=O)CCCCCCCCCCC/C=C\C/C=C\CCCCCCC)COP(=O)(O)OCC[N+](C)(C)C. The fourth-order valence-corrected chi connectivity index (χ4v) is 7.42. The molecule has 0 saturated heterocycles. The van der Waals surface area contributed by atoms with Gasteiger partial charge in [-0.25, -0.2) is 4.57 Å². The van der Waals surface area contributed by atoms with E-state index in [1.165, 1.54) is 70.6 Å². The van der Waals surface area contributed by atoms with Crippen LogP contribution in [0.1, 0.15) is 194 Å². The lowest BCUT2D eigenvalue weighted by molar-refractivity contribution is -0.870. The maximum absolute atomic E-state index is 12.8. The maximum Gasteiger partial charge on any atom is 0.472 e. The van der Waals surface area contributed by atoms with Crippen LogP contribution in [-0.4, -0.2) is 74.9 Å². The van der Waals surface area contributed by atoms with E-state index in [1.807, 2.05) is 27.2 Å². The monoisotopic (exact) mass is 969 g/mol. The second-order valence-electron chi connectivity index (χ2n) is 18.5. The topological polar surface area (TPSA) is 108 Å². The summed E-state index contributed by atoms with van der Waals surface area (Å²) in [6, 6.07) is 0. The molecule has 2 atom stereocenters. The highest BCUT2D eigenvalue weighted by Gasteiger charge is 2.27. The summed E-state index contributed by atoms with van der Waals surface area (Å²) in [6.07, 6.45) is 67.2. The number of ether oxygens (including phenoxy) is 2. The van der Waals surface area contributed by atoms with Gasteiger partial charge in [0, 0.05) is 12.8 Å². The molecular weight excluding hydrogens is 870 g/mol. The third-order valence-corrected chi connectivity index (χ3v) is 11.8. The van der Waals surface area contributed by atoms with Crippen LogP contribution in [0.25, 0.3) is 0 Å². The number of rotatable bonds is 47. The molecule has 0 heterocycles. The maximum atomic E-state index is 12.8. The number of hydrogen-bond acceptors (Lipinski definition) is 7. The Morgan fingerprint density at radius 2 is 0.853 bits per heavy atom. The number of quaternary nitrogens is 1. The summed E-state index contributed by atoms with van der Waals surface area (Å²) in [4.78, 5) is 35.6. The van der Waals surface area contributed by atoms with Gasteiger partial charge in [0.2, 0.25) is 0 Å². The molecule has 388 valence electrons. The fraction of sp³-hybridized carbons (Fsp3) is 0.655. The molecule has 0 aromatic carbocycles. The Kier molecular flexibility index (Phi) is 46.3. The number of carbonyl (C=O) groups is 2. The quantitative estimate of drug-likeness (QED) is 0.0211. The number of unbranched alkanes of at least 4 members (excludes halogenated alkanes) is 15. The minimum absolute atomic E-state index is 0.0139. The van der Waals surface area contributed by atoms with Crippen molar-refractivity contribution in [3.63, 3.8) is 0 Å². The summed E-state index contributed by atoms with van der Waals surface area (Å²) in [7, 11) is 1.42. The van der Waals surface area contributed by atoms with E-state index in [0.717, 1.165) is 83.5 Å². The molecular formula is C58H99NO8P+. The fourth-order valence-electron chi connectivity index (χ4n) is 6.68. The van der Waals surface area contributed by atoms with Gasteiger partial charge in [-0.1, -0.05) is 194 Å². The van der Waals surface area contributed by atoms with Crippen molar-refractivity contribution in [2.24, 2.45) is 0 Å². The van der Waals surface area contributed by atoms with Crippen molar-refractivity contribution in [1.29, 1.82) is 0 Å². The van der Waals surface area contributed by atoms with Crippen LogP contribution >= 0.6 is 7.82 Å². The van der Waals surface area contributed by atoms with Gasteiger partial charge in [-0.3, -0.25) is 18.6 Å². The number of allylic oxidation sites excluding steroid dienone is 18. The van der Waals surface area contributed by atoms with Crippen LogP contribution < -0.4 is 0 Å². The van der Waals surface area contributed by atoms with E-state index in [1.54, 1.807) is 0 Å². The summed E-state index contributed by atoms with van der Waals surface area (Å²) in [6.45, 7) is 4.22. The molecule has 2 unspecified atom stereocenters. The predicted molar refractivity (Wildman–Crippen MR) is 288 cm³/mol. The van der Waals surface area contributed by atoms with Crippen LogP contribution in [0, 0.1) is 0 Å². The Morgan fingerprint density at radius 1 is 0.471 bits per heavy atom. The minimum Gasteiger partial charge on any atom is -0.462 e. The highest BCUT2D eigenvalue weighted by Crippen LogP contribution is 2.43. The first-order valence-electron chi connectivity index (χ1n) is 26.6. The number of phosphoric acid groups is 1. The van der Waals surface area contributed by atoms with Crippen LogP contribution in [0.2, 0.25) is 0 Å². The molecule has 0 rings (SSSR count). The van der Waals surface area contributed by atoms with Crippen molar-refractivity contribution < 1.29 is 42.1 Å². The summed E-state index contributed by atoms with van der Waals surface area (Å²) in [5, 5.41) is 0. The first-order valence-corrected chi connectivity index (χ1v) is 28.1. The standard InChI is InChI=1S/C58H98NO8P/c1-6-8-10-12-14-16-18-20-22-24-26-28-29-31-33-35-37-39-41-43-45-47-49-51-58(61)67-56(55-66-68(62,63)65-53-52-59(3,4)5)54-64-57(60)50-48-46-44-42-40-38-36-34-32-30-27-25-23-21-19-17-15-13-11-9-7-2/h8,10,14,16,19-22,25-28,31,33,37,39,43,45,56H,6-7,9,11-13,15,17-18,23-24,29-30,32,34-36,38,40-42,44,46-55H2,1-5H3/p+1/b10-8-,16-14-,21-19-,22-20-,27-25-,28-26-,33-31-,39-37-,45-43-. The number of likely N-dealkylation sites (N-methyl/N-ethyl adjacent to an activating group) is 1. The molecule has 9 nitrogen and oxygen atoms in total. The lowest BCUT2D eigenvalue weighted by Crippen LogP contribution is -2.37. The molecule has 0 fully saturated rings. The van der Waals surface area contributed by atoms with Crippen molar-refractivity contribution >= 4 is 19.8 Å². The molecule has 0 aromatic rings. The zero-order chi connectivity index (χ0) is 49.9. The zero-order valence-corrected chi connectivity index (χ0v) is 44.7. The van der Waals surface area contributed by atoms with E-state index in [0.29, 0.717) is 23.9 Å². The van der Waals surface area contributed by atoms with Crippen molar-refractivity contribution in [3.05, 3.63) is 109 Å². The van der Waals surface area contributed by atoms with Gasteiger partial charge in [-0.2, -0.15) is 0 Å². The van der Waals surface area contributed by atoms with Crippen LogP contribution in [0.5, 0.6) is 0 Å². The number of nitrogens with zero attached hydrogens (tertiary/aromatic N) is 1. The zero-order valence-electron chi connectivity index (χ0n) is 43.8. The van der Waals surface area contributed by atoms with E-state index in [4.69, 9.17) is 18.5 Å². The third kappa shape index (κ3) is 52.0. The van der Waals surface area contributed by atoms with Crippen molar-refractivity contribution in [2.75, 3.05) is 47.5 Å². The second kappa shape index (κ2) is 48.7. The van der Waals surface area contributed by atoms with E-state index in [9.17, 15) is 19.0 Å². The highest BCUT2D eigenvalue weighted by atomic mass is 31.2. The Bertz CT molecular complexity index is 1520. The molecule has 0 radical (unpaired) electrons. The van der Waals surface area contributed by atoms with E-state index in [2.05, 4.69) is 117 Å². The van der Waals surface area contributed by atoms with Crippen LogP contribution in [0.3, 0.4) is 0 Å². The Balaban J connectivity index is 4.38. The first-order chi connectivity index (χ1) is 33.0. The van der Waals surface area contributed by atoms with Gasteiger partial charge in [0.25, 0.3) is 0 Å². The Morgan fingerprint density at radius 3 is 1.29 bits per heavy atom. The molecule has 0 bridgehead atoms. The van der Waals surface area contributed by atoms with Gasteiger partial charge in [0.15, 0.2) is 6.10 Å². The number of phosphoric ester groups is 1. The van der Waals surface area contributed by atoms with Crippen molar-refractivity contribution in [3.8, 4) is 0 Å². The van der Waals surface area contributed by atoms with E-state index < -0.39 is 32.5 Å². The molecule has 0 aliphatic carbocycles. The molecule has 0 aliphatic rings. The summed E-state index contributed by atoms with van der Waals surface area (Å²) in [5.41, 5.74) is 0. The number of esters is 2. The normalized spacial score (nSPS) is 14.3. The molecule has 0 amide bonds. The van der Waals surface area contributed by atoms with E-state index >= 15 is 0 Å². The molecule has 0 aliphatic heterocycles. The average Bonchev–Trinajstić information content (AvgIpc) is 3.30. The van der Waals surface area contributed by atoms with Crippen LogP contribution in [-0.2, 0) is 32.7 Å². The van der Waals surface area contributed by atoms with Gasteiger partial charge >= 0.3 is 19.8 Å². The van der Waals surface area contributed by atoms with Gasteiger partial charge in [-0.15, -0.1) is 0 Å². The lowest BCUT2D eigenvalue weighted by Gasteiger charge is -2.24. The third-order valence-electron chi connectivity index (χ3n) is 10.8. The number of hydrogen-bond donors (Lipinski definition) is 1. The Labute approximate surface area is 416 Å². The first kappa shape index (κ1) is 64.7. The van der Waals surface area contributed by atoms with Gasteiger partial charge in [0.05, 0.1) is 27.7 Å². The second-order valence-corrected chi connectivity index (χ2v) is 20.0. The lowest BCUT2D eigenvalue weighted by atomic mass is 10.1. The van der Waals surface area contributed by atoms with Gasteiger partial charge in [0.1, 0.15) is 19.8 Å². The molecule has 68 heavy (non-hydrogen) atoms.